The highest BCUT2D eigenvalue weighted by molar-refractivity contribution is 5.78. The molecule has 0 unspecified atom stereocenters. The molecule has 0 atom stereocenters. The van der Waals surface area contributed by atoms with Crippen LogP contribution in [-0.2, 0) is 11.2 Å². The number of carbonyl (C=O) groups is 2. The van der Waals surface area contributed by atoms with Gasteiger partial charge in [-0.25, -0.2) is 4.79 Å². The second-order valence-electron chi connectivity index (χ2n) is 6.15. The molecule has 2 heterocycles. The monoisotopic (exact) mass is 318 g/mol. The molecule has 3 amide bonds. The summed E-state index contributed by atoms with van der Waals surface area (Å²) in [7, 11) is 0. The van der Waals surface area contributed by atoms with E-state index < -0.39 is 6.03 Å². The number of urea groups is 1. The first-order valence-corrected chi connectivity index (χ1v) is 8.35. The summed E-state index contributed by atoms with van der Waals surface area (Å²) >= 11 is 0. The van der Waals surface area contributed by atoms with E-state index in [0.717, 1.165) is 50.8 Å². The normalized spacial score (nSPS) is 15.4. The van der Waals surface area contributed by atoms with Crippen LogP contribution in [0.2, 0.25) is 0 Å². The summed E-state index contributed by atoms with van der Waals surface area (Å²) in [5.41, 5.74) is 6.00. The highest BCUT2D eigenvalue weighted by atomic mass is 16.2. The molecule has 23 heavy (non-hydrogen) atoms. The first kappa shape index (κ1) is 17.2. The maximum atomic E-state index is 12.3. The molecule has 2 rings (SSSR count). The number of piperidine rings is 1. The van der Waals surface area contributed by atoms with E-state index in [1.165, 1.54) is 0 Å². The van der Waals surface area contributed by atoms with E-state index in [-0.39, 0.29) is 5.91 Å². The molecule has 1 fully saturated rings. The Morgan fingerprint density at radius 1 is 1.30 bits per heavy atom. The quantitative estimate of drug-likeness (QED) is 0.750. The molecular weight excluding hydrogens is 292 g/mol. The van der Waals surface area contributed by atoms with Crippen molar-refractivity contribution >= 4 is 11.9 Å². The van der Waals surface area contributed by atoms with Crippen LogP contribution in [0.5, 0.6) is 0 Å². The van der Waals surface area contributed by atoms with E-state index in [0.29, 0.717) is 18.9 Å². The van der Waals surface area contributed by atoms with E-state index in [4.69, 9.17) is 5.73 Å². The van der Waals surface area contributed by atoms with Gasteiger partial charge in [0.2, 0.25) is 5.91 Å². The molecule has 0 radical (unpaired) electrons. The Labute approximate surface area is 137 Å². The average Bonchev–Trinajstić information content (AvgIpc) is 2.56. The van der Waals surface area contributed by atoms with Crippen molar-refractivity contribution in [2.45, 2.75) is 38.5 Å². The summed E-state index contributed by atoms with van der Waals surface area (Å²) in [6, 6.07) is 3.35. The van der Waals surface area contributed by atoms with Crippen molar-refractivity contribution in [3.63, 3.8) is 0 Å². The van der Waals surface area contributed by atoms with Crippen LogP contribution in [0.4, 0.5) is 4.79 Å². The molecule has 6 nitrogen and oxygen atoms in total. The summed E-state index contributed by atoms with van der Waals surface area (Å²) in [6.07, 6.45) is 9.27. The van der Waals surface area contributed by atoms with Crippen molar-refractivity contribution in [1.29, 1.82) is 0 Å². The van der Waals surface area contributed by atoms with Crippen molar-refractivity contribution < 1.29 is 9.59 Å². The Morgan fingerprint density at radius 2 is 2.09 bits per heavy atom. The molecule has 1 aromatic heterocycles. The van der Waals surface area contributed by atoms with Crippen molar-refractivity contribution in [1.82, 2.24) is 15.2 Å². The van der Waals surface area contributed by atoms with Crippen LogP contribution in [-0.4, -0.2) is 41.5 Å². The molecule has 3 N–H and O–H groups in total. The third-order valence-electron chi connectivity index (χ3n) is 4.38. The minimum atomic E-state index is -0.453. The van der Waals surface area contributed by atoms with E-state index in [9.17, 15) is 9.59 Å². The summed E-state index contributed by atoms with van der Waals surface area (Å²) in [5.74, 6) is 0.883. The fourth-order valence-corrected chi connectivity index (χ4v) is 3.03. The van der Waals surface area contributed by atoms with Gasteiger partial charge >= 0.3 is 6.03 Å². The lowest BCUT2D eigenvalue weighted by molar-refractivity contribution is -0.131. The molecular formula is C17H26N4O2. The van der Waals surface area contributed by atoms with Gasteiger partial charge in [0.15, 0.2) is 0 Å². The number of amides is 3. The second-order valence-corrected chi connectivity index (χ2v) is 6.15. The van der Waals surface area contributed by atoms with Crippen molar-refractivity contribution in [3.8, 4) is 0 Å². The number of primary amides is 1. The van der Waals surface area contributed by atoms with Gasteiger partial charge in [-0.2, -0.15) is 0 Å². The third-order valence-corrected chi connectivity index (χ3v) is 4.38. The summed E-state index contributed by atoms with van der Waals surface area (Å²) in [5, 5.41) is 2.61. The number of unbranched alkanes of at least 4 members (excludes halogenated alkanes) is 1. The first-order chi connectivity index (χ1) is 11.1. The molecule has 0 saturated carbocycles. The SMILES string of the molecule is NC(=O)NCCCCC1CCN(C(=O)Cc2cccnc2)CC1. The molecule has 1 aromatic rings. The number of hydrogen-bond donors (Lipinski definition) is 2. The molecule has 1 aliphatic rings. The van der Waals surface area contributed by atoms with Gasteiger partial charge < -0.3 is 16.0 Å². The third kappa shape index (κ3) is 6.26. The van der Waals surface area contributed by atoms with Gasteiger partial charge in [0.1, 0.15) is 0 Å². The van der Waals surface area contributed by atoms with E-state index in [2.05, 4.69) is 10.3 Å². The van der Waals surface area contributed by atoms with Crippen LogP contribution < -0.4 is 11.1 Å². The van der Waals surface area contributed by atoms with Gasteiger partial charge in [0.05, 0.1) is 6.42 Å². The molecule has 0 aromatic carbocycles. The topological polar surface area (TPSA) is 88.3 Å². The van der Waals surface area contributed by atoms with Crippen molar-refractivity contribution in [2.24, 2.45) is 11.7 Å². The smallest absolute Gasteiger partial charge is 0.312 e. The van der Waals surface area contributed by atoms with Gasteiger partial charge in [-0.15, -0.1) is 0 Å². The van der Waals surface area contributed by atoms with Gasteiger partial charge in [0.25, 0.3) is 0 Å². The van der Waals surface area contributed by atoms with E-state index in [1.807, 2.05) is 17.0 Å². The number of likely N-dealkylation sites (tertiary alicyclic amines) is 1. The number of carbonyl (C=O) groups excluding carboxylic acids is 2. The Balaban J connectivity index is 1.61. The van der Waals surface area contributed by atoms with Crippen LogP contribution in [0, 0.1) is 5.92 Å². The molecule has 6 heteroatoms. The van der Waals surface area contributed by atoms with E-state index in [1.54, 1.807) is 12.4 Å². The maximum Gasteiger partial charge on any atom is 0.312 e. The summed E-state index contributed by atoms with van der Waals surface area (Å²) in [4.78, 5) is 28.9. The fraction of sp³-hybridized carbons (Fsp3) is 0.588. The zero-order valence-corrected chi connectivity index (χ0v) is 13.5. The number of pyridine rings is 1. The Bertz CT molecular complexity index is 499. The van der Waals surface area contributed by atoms with Crippen LogP contribution in [0.25, 0.3) is 0 Å². The molecule has 126 valence electrons. The number of hydrogen-bond acceptors (Lipinski definition) is 3. The average molecular weight is 318 g/mol. The second kappa shape index (κ2) is 9.12. The fourth-order valence-electron chi connectivity index (χ4n) is 3.03. The standard InChI is InChI=1S/C17H26N4O2/c18-17(23)20-9-2-1-4-14-6-10-21(11-7-14)16(22)12-15-5-3-8-19-13-15/h3,5,8,13-14H,1-2,4,6-7,9-12H2,(H3,18,20,23). The zero-order chi connectivity index (χ0) is 16.5. The van der Waals surface area contributed by atoms with Gasteiger partial charge in [-0.1, -0.05) is 18.9 Å². The Kier molecular flexibility index (Phi) is 6.84. The summed E-state index contributed by atoms with van der Waals surface area (Å²) in [6.45, 7) is 2.35. The molecule has 0 aliphatic carbocycles. The highest BCUT2D eigenvalue weighted by Gasteiger charge is 2.22. The van der Waals surface area contributed by atoms with Gasteiger partial charge in [-0.05, 0) is 36.8 Å². The maximum absolute atomic E-state index is 12.3. The highest BCUT2D eigenvalue weighted by Crippen LogP contribution is 2.23. The van der Waals surface area contributed by atoms with Crippen LogP contribution in [0.1, 0.15) is 37.7 Å². The number of rotatable bonds is 7. The van der Waals surface area contributed by atoms with E-state index >= 15 is 0 Å². The largest absolute Gasteiger partial charge is 0.352 e. The van der Waals surface area contributed by atoms with Crippen LogP contribution in [0.3, 0.4) is 0 Å². The molecule has 1 aliphatic heterocycles. The molecule has 1 saturated heterocycles. The predicted octanol–water partition coefficient (Wildman–Crippen LogP) is 1.70. The van der Waals surface area contributed by atoms with Gasteiger partial charge in [-0.3, -0.25) is 9.78 Å². The number of aromatic nitrogens is 1. The van der Waals surface area contributed by atoms with Crippen molar-refractivity contribution in [3.05, 3.63) is 30.1 Å². The number of nitrogens with zero attached hydrogens (tertiary/aromatic N) is 2. The lowest BCUT2D eigenvalue weighted by Crippen LogP contribution is -2.39. The molecule has 0 spiro atoms. The number of nitrogens with two attached hydrogens (primary N) is 1. The van der Waals surface area contributed by atoms with Crippen molar-refractivity contribution in [2.75, 3.05) is 19.6 Å². The Hall–Kier alpha value is -2.11. The predicted molar refractivity (Wildman–Crippen MR) is 88.7 cm³/mol. The van der Waals surface area contributed by atoms with Crippen LogP contribution in [0.15, 0.2) is 24.5 Å². The zero-order valence-electron chi connectivity index (χ0n) is 13.5. The lowest BCUT2D eigenvalue weighted by Gasteiger charge is -2.32. The number of nitrogens with one attached hydrogen (secondary N) is 1. The minimum Gasteiger partial charge on any atom is -0.352 e. The lowest BCUT2D eigenvalue weighted by atomic mass is 9.91. The van der Waals surface area contributed by atoms with Crippen LogP contribution >= 0.6 is 0 Å². The Morgan fingerprint density at radius 3 is 2.74 bits per heavy atom. The first-order valence-electron chi connectivity index (χ1n) is 8.35. The minimum absolute atomic E-state index is 0.196. The summed E-state index contributed by atoms with van der Waals surface area (Å²) < 4.78 is 0. The van der Waals surface area contributed by atoms with Gasteiger partial charge in [0, 0.05) is 32.0 Å². The molecule has 0 bridgehead atoms.